The molecule has 0 aromatic heterocycles. The number of hydrogen-bond acceptors (Lipinski definition) is 1. The van der Waals surface area contributed by atoms with Crippen molar-refractivity contribution >= 4 is 11.6 Å². The number of hydrogen-bond donors (Lipinski definition) is 1. The van der Waals surface area contributed by atoms with Crippen LogP contribution in [-0.4, -0.2) is 6.54 Å². The lowest BCUT2D eigenvalue weighted by Crippen LogP contribution is -2.23. The van der Waals surface area contributed by atoms with Crippen molar-refractivity contribution in [3.05, 3.63) is 70.5 Å². The predicted octanol–water partition coefficient (Wildman–Crippen LogP) is 4.37. The van der Waals surface area contributed by atoms with Crippen LogP contribution < -0.4 is 5.32 Å². The molecule has 0 bridgehead atoms. The van der Waals surface area contributed by atoms with Crippen LogP contribution in [0.4, 0.5) is 4.39 Å². The molecular formula is C16H17ClFN. The van der Waals surface area contributed by atoms with Crippen molar-refractivity contribution in [2.75, 3.05) is 6.54 Å². The smallest absolute Gasteiger partial charge is 0.129 e. The van der Waals surface area contributed by atoms with E-state index in [-0.39, 0.29) is 11.9 Å². The summed E-state index contributed by atoms with van der Waals surface area (Å²) in [5.41, 5.74) is 1.85. The molecule has 19 heavy (non-hydrogen) atoms. The topological polar surface area (TPSA) is 12.0 Å². The molecule has 1 unspecified atom stereocenters. The van der Waals surface area contributed by atoms with Gasteiger partial charge in [0.15, 0.2) is 0 Å². The molecule has 0 radical (unpaired) electrons. The fraction of sp³-hybridized carbons (Fsp3) is 0.250. The van der Waals surface area contributed by atoms with Crippen LogP contribution in [0.25, 0.3) is 0 Å². The summed E-state index contributed by atoms with van der Waals surface area (Å²) in [6, 6.07) is 14.9. The van der Waals surface area contributed by atoms with Crippen molar-refractivity contribution in [2.45, 2.75) is 19.4 Å². The third kappa shape index (κ3) is 3.79. The second-order valence-corrected chi connectivity index (χ2v) is 4.90. The minimum absolute atomic E-state index is 0.0373. The van der Waals surface area contributed by atoms with Gasteiger partial charge in [-0.3, -0.25) is 0 Å². The normalized spacial score (nSPS) is 12.4. The molecule has 0 aliphatic carbocycles. The van der Waals surface area contributed by atoms with Crippen LogP contribution in [0.15, 0.2) is 48.5 Å². The van der Waals surface area contributed by atoms with Gasteiger partial charge in [-0.2, -0.15) is 0 Å². The molecule has 2 aromatic rings. The van der Waals surface area contributed by atoms with E-state index in [1.165, 1.54) is 11.6 Å². The van der Waals surface area contributed by atoms with Gasteiger partial charge >= 0.3 is 0 Å². The molecule has 0 amide bonds. The highest BCUT2D eigenvalue weighted by atomic mass is 35.5. The van der Waals surface area contributed by atoms with Gasteiger partial charge in [0.05, 0.1) is 0 Å². The molecule has 1 N–H and O–H groups in total. The van der Waals surface area contributed by atoms with Crippen molar-refractivity contribution < 1.29 is 4.39 Å². The van der Waals surface area contributed by atoms with Crippen LogP contribution in [0, 0.1) is 5.82 Å². The molecule has 0 fully saturated rings. The molecule has 2 aromatic carbocycles. The van der Waals surface area contributed by atoms with Gasteiger partial charge in [-0.15, -0.1) is 0 Å². The maximum absolute atomic E-state index is 14.0. The zero-order valence-electron chi connectivity index (χ0n) is 10.9. The molecule has 2 rings (SSSR count). The number of likely N-dealkylation sites (N-methyl/N-ethyl adjacent to an activating group) is 1. The summed E-state index contributed by atoms with van der Waals surface area (Å²) in [4.78, 5) is 0. The minimum Gasteiger partial charge on any atom is -0.310 e. The summed E-state index contributed by atoms with van der Waals surface area (Å²) in [7, 11) is 0. The molecule has 1 atom stereocenters. The zero-order valence-corrected chi connectivity index (χ0v) is 11.6. The van der Waals surface area contributed by atoms with Crippen LogP contribution in [0.5, 0.6) is 0 Å². The molecule has 0 saturated carbocycles. The van der Waals surface area contributed by atoms with Crippen LogP contribution >= 0.6 is 11.6 Å². The van der Waals surface area contributed by atoms with E-state index in [1.807, 2.05) is 25.1 Å². The van der Waals surface area contributed by atoms with Crippen molar-refractivity contribution in [1.29, 1.82) is 0 Å². The second kappa shape index (κ2) is 6.69. The highest BCUT2D eigenvalue weighted by Crippen LogP contribution is 2.23. The van der Waals surface area contributed by atoms with E-state index in [4.69, 9.17) is 11.6 Å². The third-order valence-corrected chi connectivity index (χ3v) is 3.31. The number of nitrogens with one attached hydrogen (secondary N) is 1. The first kappa shape index (κ1) is 14.0. The van der Waals surface area contributed by atoms with Gasteiger partial charge in [-0.1, -0.05) is 54.9 Å². The average Bonchev–Trinajstić information content (AvgIpc) is 2.39. The first-order valence-corrected chi connectivity index (χ1v) is 6.80. The number of halogens is 2. The van der Waals surface area contributed by atoms with E-state index in [2.05, 4.69) is 17.4 Å². The van der Waals surface area contributed by atoms with Crippen molar-refractivity contribution in [2.24, 2.45) is 0 Å². The fourth-order valence-corrected chi connectivity index (χ4v) is 2.33. The zero-order chi connectivity index (χ0) is 13.7. The van der Waals surface area contributed by atoms with Crippen LogP contribution in [0.1, 0.15) is 24.1 Å². The predicted molar refractivity (Wildman–Crippen MR) is 78.0 cm³/mol. The summed E-state index contributed by atoms with van der Waals surface area (Å²) in [6.45, 7) is 2.81. The van der Waals surface area contributed by atoms with Crippen LogP contribution in [0.3, 0.4) is 0 Å². The molecular weight excluding hydrogens is 261 g/mol. The summed E-state index contributed by atoms with van der Waals surface area (Å²) in [5.74, 6) is -0.255. The molecule has 0 spiro atoms. The standard InChI is InChI=1S/C16H17ClFN/c1-2-19-16(10-12-6-4-3-5-7-12)14-9-8-13(17)11-15(14)18/h3-9,11,16,19H,2,10H2,1H3. The third-order valence-electron chi connectivity index (χ3n) is 3.07. The Hall–Kier alpha value is -1.38. The monoisotopic (exact) mass is 277 g/mol. The molecule has 0 aliphatic heterocycles. The summed E-state index contributed by atoms with van der Waals surface area (Å²) < 4.78 is 14.0. The van der Waals surface area contributed by atoms with Gasteiger partial charge in [-0.25, -0.2) is 4.39 Å². The van der Waals surface area contributed by atoms with E-state index in [0.717, 1.165) is 13.0 Å². The van der Waals surface area contributed by atoms with Crippen molar-refractivity contribution in [3.63, 3.8) is 0 Å². The summed E-state index contributed by atoms with van der Waals surface area (Å²) >= 11 is 5.80. The van der Waals surface area contributed by atoms with Crippen LogP contribution in [-0.2, 0) is 6.42 Å². The van der Waals surface area contributed by atoms with E-state index in [0.29, 0.717) is 10.6 Å². The van der Waals surface area contributed by atoms with Gasteiger partial charge < -0.3 is 5.32 Å². The van der Waals surface area contributed by atoms with Gasteiger partial charge in [0.1, 0.15) is 5.82 Å². The molecule has 0 saturated heterocycles. The Morgan fingerprint density at radius 1 is 1.16 bits per heavy atom. The van der Waals surface area contributed by atoms with E-state index in [1.54, 1.807) is 12.1 Å². The lowest BCUT2D eigenvalue weighted by molar-refractivity contribution is 0.510. The Balaban J connectivity index is 2.24. The quantitative estimate of drug-likeness (QED) is 0.856. The Bertz CT molecular complexity index is 528. The minimum atomic E-state index is -0.255. The molecule has 0 aliphatic rings. The maximum atomic E-state index is 14.0. The Morgan fingerprint density at radius 3 is 2.53 bits per heavy atom. The van der Waals surface area contributed by atoms with Gasteiger partial charge in [-0.05, 0) is 30.7 Å². The Kier molecular flexibility index (Phi) is 4.94. The SMILES string of the molecule is CCNC(Cc1ccccc1)c1ccc(Cl)cc1F. The first-order chi connectivity index (χ1) is 9.20. The van der Waals surface area contributed by atoms with Crippen molar-refractivity contribution in [1.82, 2.24) is 5.32 Å². The van der Waals surface area contributed by atoms with Crippen LogP contribution in [0.2, 0.25) is 5.02 Å². The van der Waals surface area contributed by atoms with E-state index < -0.39 is 0 Å². The largest absolute Gasteiger partial charge is 0.310 e. The molecule has 3 heteroatoms. The number of benzene rings is 2. The van der Waals surface area contributed by atoms with Crippen molar-refractivity contribution in [3.8, 4) is 0 Å². The summed E-state index contributed by atoms with van der Waals surface area (Å²) in [6.07, 6.45) is 0.757. The van der Waals surface area contributed by atoms with E-state index >= 15 is 0 Å². The van der Waals surface area contributed by atoms with Gasteiger partial charge in [0, 0.05) is 16.6 Å². The van der Waals surface area contributed by atoms with E-state index in [9.17, 15) is 4.39 Å². The van der Waals surface area contributed by atoms with Gasteiger partial charge in [0.25, 0.3) is 0 Å². The lowest BCUT2D eigenvalue weighted by atomic mass is 9.98. The lowest BCUT2D eigenvalue weighted by Gasteiger charge is -2.19. The second-order valence-electron chi connectivity index (χ2n) is 4.47. The molecule has 1 nitrogen and oxygen atoms in total. The van der Waals surface area contributed by atoms with Gasteiger partial charge in [0.2, 0.25) is 0 Å². The first-order valence-electron chi connectivity index (χ1n) is 6.43. The summed E-state index contributed by atoms with van der Waals surface area (Å²) in [5, 5.41) is 3.75. The number of rotatable bonds is 5. The molecule has 0 heterocycles. The highest BCUT2D eigenvalue weighted by Gasteiger charge is 2.15. The average molecular weight is 278 g/mol. The molecule has 100 valence electrons. The Labute approximate surface area is 118 Å². The maximum Gasteiger partial charge on any atom is 0.129 e. The highest BCUT2D eigenvalue weighted by molar-refractivity contribution is 6.30. The Morgan fingerprint density at radius 2 is 1.89 bits per heavy atom. The fourth-order valence-electron chi connectivity index (χ4n) is 2.17.